The van der Waals surface area contributed by atoms with E-state index >= 15 is 0 Å². The second-order valence-corrected chi connectivity index (χ2v) is 1.61. The van der Waals surface area contributed by atoms with Gasteiger partial charge in [0.2, 0.25) is 0 Å². The molecule has 1 aromatic rings. The van der Waals surface area contributed by atoms with Crippen molar-refractivity contribution >= 4 is 18.9 Å². The first kappa shape index (κ1) is 5.29. The molecule has 0 heterocycles. The van der Waals surface area contributed by atoms with Gasteiger partial charge >= 0.3 is 49.2 Å². The van der Waals surface area contributed by atoms with Gasteiger partial charge in [0, 0.05) is 0 Å². The molecule has 0 aliphatic carbocycles. The van der Waals surface area contributed by atoms with Crippen LogP contribution in [-0.2, 0) is 0 Å². The van der Waals surface area contributed by atoms with Gasteiger partial charge in [-0.3, -0.25) is 0 Å². The molecule has 0 atom stereocenters. The minimum atomic E-state index is 1.17. The predicted molar refractivity (Wildman–Crippen MR) is 39.0 cm³/mol. The topological polar surface area (TPSA) is 0 Å². The van der Waals surface area contributed by atoms with Crippen LogP contribution in [0.5, 0.6) is 0 Å². The Bertz CT molecular complexity index is 167. The van der Waals surface area contributed by atoms with Gasteiger partial charge in [0.25, 0.3) is 0 Å². The molecule has 1 aromatic carbocycles. The van der Waals surface area contributed by atoms with Gasteiger partial charge in [-0.25, -0.2) is 0 Å². The third-order valence-corrected chi connectivity index (χ3v) is 1.04. The normalized spacial score (nSPS) is 8.00. The quantitative estimate of drug-likeness (QED) is 0.451. The maximum atomic E-state index is 3.63. The van der Waals surface area contributed by atoms with Crippen molar-refractivity contribution in [1.29, 1.82) is 0 Å². The summed E-state index contributed by atoms with van der Waals surface area (Å²) in [5.74, 6) is 0. The van der Waals surface area contributed by atoms with Gasteiger partial charge in [-0.05, 0) is 0 Å². The zero-order chi connectivity index (χ0) is 5.82. The van der Waals surface area contributed by atoms with Crippen LogP contribution >= 0.6 is 0 Å². The molecule has 0 N–H and O–H groups in total. The predicted octanol–water partition coefficient (Wildman–Crippen LogP) is 0.448. The fourth-order valence-electron chi connectivity index (χ4n) is 0.589. The Kier molecular flexibility index (Phi) is 1.63. The molecule has 8 heavy (non-hydrogen) atoms. The molecule has 0 fully saturated rings. The molecule has 1 rings (SSSR count). The SMILES string of the molecule is C=Bc1ccccc1. The van der Waals surface area contributed by atoms with E-state index in [0.29, 0.717) is 0 Å². The number of rotatable bonds is 1. The molecule has 0 amide bonds. The fraction of sp³-hybridized carbons (Fsp3) is 0. The third-order valence-electron chi connectivity index (χ3n) is 1.04. The summed E-state index contributed by atoms with van der Waals surface area (Å²) in [6, 6.07) is 10.0. The van der Waals surface area contributed by atoms with Crippen molar-refractivity contribution in [3.63, 3.8) is 0 Å². The molecular weight excluding hydrogens is 94.9 g/mol. The van der Waals surface area contributed by atoms with Crippen LogP contribution in [0.2, 0.25) is 0 Å². The summed E-state index contributed by atoms with van der Waals surface area (Å²) >= 11 is 0. The first-order valence-corrected chi connectivity index (χ1v) is 2.61. The number of hydrogen-bond donors (Lipinski definition) is 0. The summed E-state index contributed by atoms with van der Waals surface area (Å²) in [6.45, 7) is 5.46. The van der Waals surface area contributed by atoms with Gasteiger partial charge in [0.15, 0.2) is 0 Å². The van der Waals surface area contributed by atoms with E-state index < -0.39 is 0 Å². The summed E-state index contributed by atoms with van der Waals surface area (Å²) < 4.78 is 0. The molecule has 0 radical (unpaired) electrons. The van der Waals surface area contributed by atoms with E-state index in [9.17, 15) is 0 Å². The zero-order valence-electron chi connectivity index (χ0n) is 4.67. The summed E-state index contributed by atoms with van der Waals surface area (Å²) in [7, 11) is 0. The second kappa shape index (κ2) is 2.46. The van der Waals surface area contributed by atoms with Gasteiger partial charge in [0.05, 0.1) is 0 Å². The van der Waals surface area contributed by atoms with Crippen LogP contribution in [0.1, 0.15) is 0 Å². The summed E-state index contributed by atoms with van der Waals surface area (Å²) in [6.07, 6.45) is 0. The van der Waals surface area contributed by atoms with Crippen molar-refractivity contribution in [3.8, 4) is 0 Å². The molecule has 0 bridgehead atoms. The minimum absolute atomic E-state index is 1.17. The molecule has 0 unspecified atom stereocenters. The van der Waals surface area contributed by atoms with Crippen LogP contribution in [0.25, 0.3) is 0 Å². The van der Waals surface area contributed by atoms with Crippen molar-refractivity contribution in [1.82, 2.24) is 0 Å². The summed E-state index contributed by atoms with van der Waals surface area (Å²) in [4.78, 5) is 0. The van der Waals surface area contributed by atoms with Gasteiger partial charge in [-0.15, -0.1) is 0 Å². The summed E-state index contributed by atoms with van der Waals surface area (Å²) in [5.41, 5.74) is 1.17. The van der Waals surface area contributed by atoms with Crippen LogP contribution in [0.15, 0.2) is 30.3 Å². The first-order chi connectivity index (χ1) is 3.93. The van der Waals surface area contributed by atoms with Gasteiger partial charge in [-0.2, -0.15) is 0 Å². The van der Waals surface area contributed by atoms with Gasteiger partial charge in [0.1, 0.15) is 0 Å². The van der Waals surface area contributed by atoms with Crippen LogP contribution in [0.3, 0.4) is 0 Å². The molecule has 0 nitrogen and oxygen atoms in total. The molecule has 0 aliphatic heterocycles. The fourth-order valence-corrected chi connectivity index (χ4v) is 0.589. The van der Waals surface area contributed by atoms with Crippen LogP contribution in [-0.4, -0.2) is 13.4 Å². The van der Waals surface area contributed by atoms with Crippen LogP contribution in [0.4, 0.5) is 0 Å². The van der Waals surface area contributed by atoms with E-state index in [2.05, 4.69) is 6.47 Å². The van der Waals surface area contributed by atoms with Crippen LogP contribution < -0.4 is 5.46 Å². The average molecular weight is 102 g/mol. The van der Waals surface area contributed by atoms with E-state index in [0.717, 1.165) is 0 Å². The first-order valence-electron chi connectivity index (χ1n) is 2.61. The Balaban J connectivity index is 2.99. The van der Waals surface area contributed by atoms with Crippen LogP contribution in [0, 0.1) is 0 Å². The van der Waals surface area contributed by atoms with Crippen molar-refractivity contribution < 1.29 is 0 Å². The molecule has 38 valence electrons. The third kappa shape index (κ3) is 1.06. The molecule has 0 spiro atoms. The zero-order valence-corrected chi connectivity index (χ0v) is 4.67. The van der Waals surface area contributed by atoms with E-state index in [1.807, 2.05) is 37.3 Å². The molecule has 0 aliphatic rings. The van der Waals surface area contributed by atoms with E-state index in [-0.39, 0.29) is 0 Å². The molecule has 0 aromatic heterocycles. The maximum absolute atomic E-state index is 3.63. The average Bonchev–Trinajstić information content (AvgIpc) is 1.90. The Morgan fingerprint density at radius 2 is 1.75 bits per heavy atom. The van der Waals surface area contributed by atoms with Crippen molar-refractivity contribution in [2.24, 2.45) is 0 Å². The molecular formula is C7H7B. The van der Waals surface area contributed by atoms with E-state index in [1.54, 1.807) is 0 Å². The Morgan fingerprint density at radius 1 is 1.12 bits per heavy atom. The van der Waals surface area contributed by atoms with Crippen molar-refractivity contribution in [2.45, 2.75) is 0 Å². The van der Waals surface area contributed by atoms with Crippen molar-refractivity contribution in [2.75, 3.05) is 0 Å². The standard InChI is InChI=1S/C7H7B/c1-8-7-5-3-2-4-6-7/h2-6H,1H2. The van der Waals surface area contributed by atoms with E-state index in [1.165, 1.54) is 5.46 Å². The molecule has 1 heteroatoms. The van der Waals surface area contributed by atoms with Gasteiger partial charge in [-0.1, -0.05) is 0 Å². The Hall–Kier alpha value is -0.845. The number of hydrogen-bond acceptors (Lipinski definition) is 0. The molecule has 0 saturated carbocycles. The monoisotopic (exact) mass is 102 g/mol. The van der Waals surface area contributed by atoms with Crippen molar-refractivity contribution in [3.05, 3.63) is 30.3 Å². The Morgan fingerprint density at radius 3 is 2.12 bits per heavy atom. The number of benzene rings is 1. The second-order valence-electron chi connectivity index (χ2n) is 1.61. The Labute approximate surface area is 50.1 Å². The summed E-state index contributed by atoms with van der Waals surface area (Å²) in [5, 5.41) is 0. The van der Waals surface area contributed by atoms with Gasteiger partial charge < -0.3 is 0 Å². The molecule has 0 saturated heterocycles. The van der Waals surface area contributed by atoms with E-state index in [4.69, 9.17) is 0 Å².